The lowest BCUT2D eigenvalue weighted by Crippen LogP contribution is -2.14. The number of para-hydroxylation sites is 1. The van der Waals surface area contributed by atoms with Gasteiger partial charge in [0, 0.05) is 7.05 Å². The largest absolute Gasteiger partial charge is 0.495 e. The Hall–Kier alpha value is -2.80. The zero-order chi connectivity index (χ0) is 18.5. The average molecular weight is 372 g/mol. The number of fused-ring (bicyclic) bond motifs is 1. The van der Waals surface area contributed by atoms with Crippen LogP contribution in [-0.2, 0) is 11.8 Å². The van der Waals surface area contributed by atoms with Crippen molar-refractivity contribution in [3.63, 3.8) is 0 Å². The fraction of sp³-hybridized carbons (Fsp3) is 0.263. The Morgan fingerprint density at radius 1 is 1.08 bits per heavy atom. The van der Waals surface area contributed by atoms with E-state index in [1.807, 2.05) is 54.1 Å². The first-order valence-corrected chi connectivity index (χ1v) is 8.91. The van der Waals surface area contributed by atoms with Gasteiger partial charge in [0.1, 0.15) is 27.5 Å². The molecule has 0 spiro atoms. The smallest absolute Gasteiger partial charge is 0.251 e. The summed E-state index contributed by atoms with van der Waals surface area (Å²) in [5.74, 6) is 1.94. The Balaban J connectivity index is 1.82. The number of hydrogen-bond acceptors (Lipinski definition) is 5. The predicted octanol–water partition coefficient (Wildman–Crippen LogP) is 3.15. The lowest BCUT2D eigenvalue weighted by molar-refractivity contribution is -0.118. The third kappa shape index (κ3) is 3.72. The van der Waals surface area contributed by atoms with Gasteiger partial charge in [-0.15, -0.1) is 0 Å². The first kappa shape index (κ1) is 18.0. The van der Waals surface area contributed by atoms with E-state index in [-0.39, 0.29) is 18.9 Å². The number of carbonyl (C=O) groups is 1. The van der Waals surface area contributed by atoms with E-state index in [1.54, 1.807) is 14.2 Å². The molecule has 0 saturated heterocycles. The normalized spacial score (nSPS) is 11.6. The lowest BCUT2D eigenvalue weighted by Gasteiger charge is -2.06. The number of aromatic nitrogens is 1. The number of hydrogen-bond donors (Lipinski definition) is 0. The number of rotatable bonds is 6. The van der Waals surface area contributed by atoms with Gasteiger partial charge in [0.25, 0.3) is 5.91 Å². The van der Waals surface area contributed by atoms with Gasteiger partial charge in [-0.1, -0.05) is 29.5 Å². The van der Waals surface area contributed by atoms with E-state index < -0.39 is 0 Å². The maximum atomic E-state index is 12.2. The third-order valence-corrected chi connectivity index (χ3v) is 5.01. The van der Waals surface area contributed by atoms with Crippen LogP contribution in [0, 0.1) is 0 Å². The molecule has 3 rings (SSSR count). The Labute approximate surface area is 155 Å². The molecule has 0 radical (unpaired) electrons. The first-order chi connectivity index (χ1) is 12.6. The van der Waals surface area contributed by atoms with E-state index in [0.717, 1.165) is 21.7 Å². The summed E-state index contributed by atoms with van der Waals surface area (Å²) >= 11 is 1.39. The van der Waals surface area contributed by atoms with Gasteiger partial charge in [0.2, 0.25) is 0 Å². The minimum Gasteiger partial charge on any atom is -0.495 e. The maximum absolute atomic E-state index is 12.2. The molecule has 0 fully saturated rings. The second-order valence-corrected chi connectivity index (χ2v) is 6.49. The van der Waals surface area contributed by atoms with Crippen molar-refractivity contribution in [3.05, 3.63) is 47.3 Å². The number of ether oxygens (including phenoxy) is 3. The number of carbonyl (C=O) groups excluding carboxylic acids is 1. The van der Waals surface area contributed by atoms with Gasteiger partial charge in [0.15, 0.2) is 4.80 Å². The van der Waals surface area contributed by atoms with Crippen molar-refractivity contribution in [1.82, 2.24) is 4.57 Å². The summed E-state index contributed by atoms with van der Waals surface area (Å²) in [5, 5.41) is 0. The summed E-state index contributed by atoms with van der Waals surface area (Å²) in [5.41, 5.74) is 0.851. The Morgan fingerprint density at radius 3 is 2.46 bits per heavy atom. The summed E-state index contributed by atoms with van der Waals surface area (Å²) in [6, 6.07) is 13.1. The van der Waals surface area contributed by atoms with Crippen molar-refractivity contribution < 1.29 is 19.0 Å². The third-order valence-electron chi connectivity index (χ3n) is 3.86. The fourth-order valence-corrected chi connectivity index (χ4v) is 3.71. The second kappa shape index (κ2) is 8.05. The van der Waals surface area contributed by atoms with Gasteiger partial charge in [-0.3, -0.25) is 4.79 Å². The molecule has 6 nitrogen and oxygen atoms in total. The van der Waals surface area contributed by atoms with Crippen molar-refractivity contribution in [2.75, 3.05) is 20.8 Å². The molecule has 0 N–H and O–H groups in total. The topological polar surface area (TPSA) is 62.1 Å². The number of aryl methyl sites for hydroxylation is 1. The van der Waals surface area contributed by atoms with Gasteiger partial charge >= 0.3 is 0 Å². The van der Waals surface area contributed by atoms with Crippen LogP contribution >= 0.6 is 11.3 Å². The molecule has 0 aliphatic rings. The van der Waals surface area contributed by atoms with Crippen LogP contribution < -0.4 is 19.0 Å². The van der Waals surface area contributed by atoms with Crippen LogP contribution in [0.5, 0.6) is 17.2 Å². The van der Waals surface area contributed by atoms with Crippen LogP contribution in [0.1, 0.15) is 6.42 Å². The van der Waals surface area contributed by atoms with Crippen molar-refractivity contribution in [1.29, 1.82) is 0 Å². The number of thiazole rings is 1. The highest BCUT2D eigenvalue weighted by atomic mass is 32.1. The van der Waals surface area contributed by atoms with Gasteiger partial charge in [-0.25, -0.2) is 0 Å². The van der Waals surface area contributed by atoms with Crippen LogP contribution in [0.3, 0.4) is 0 Å². The molecule has 7 heteroatoms. The summed E-state index contributed by atoms with van der Waals surface area (Å²) < 4.78 is 19.1. The molecule has 0 unspecified atom stereocenters. The molecule has 136 valence electrons. The molecule has 26 heavy (non-hydrogen) atoms. The Kier molecular flexibility index (Phi) is 5.58. The number of methoxy groups -OCH3 is 2. The fourth-order valence-electron chi connectivity index (χ4n) is 2.56. The van der Waals surface area contributed by atoms with E-state index in [4.69, 9.17) is 14.2 Å². The molecule has 1 amide bonds. The van der Waals surface area contributed by atoms with E-state index in [9.17, 15) is 4.79 Å². The molecule has 3 aromatic rings. The predicted molar refractivity (Wildman–Crippen MR) is 101 cm³/mol. The van der Waals surface area contributed by atoms with E-state index >= 15 is 0 Å². The average Bonchev–Trinajstić information content (AvgIpc) is 2.98. The summed E-state index contributed by atoms with van der Waals surface area (Å²) in [6.07, 6.45) is 0.206. The number of benzene rings is 2. The lowest BCUT2D eigenvalue weighted by atomic mass is 10.3. The minimum atomic E-state index is -0.235. The molecule has 2 aromatic carbocycles. The van der Waals surface area contributed by atoms with Crippen molar-refractivity contribution in [2.24, 2.45) is 12.0 Å². The highest BCUT2D eigenvalue weighted by Gasteiger charge is 2.14. The van der Waals surface area contributed by atoms with E-state index in [0.29, 0.717) is 10.6 Å². The molecule has 1 aromatic heterocycles. The SMILES string of the molecule is COc1ccc(OC)c2c1sc(=NC(=O)CCOc1ccccc1)n2C. The van der Waals surface area contributed by atoms with Crippen molar-refractivity contribution in [3.8, 4) is 17.2 Å². The van der Waals surface area contributed by atoms with Crippen LogP contribution in [0.15, 0.2) is 47.5 Å². The monoisotopic (exact) mass is 372 g/mol. The minimum absolute atomic E-state index is 0.206. The molecular weight excluding hydrogens is 352 g/mol. The van der Waals surface area contributed by atoms with Crippen LogP contribution in [0.25, 0.3) is 10.2 Å². The zero-order valence-electron chi connectivity index (χ0n) is 14.9. The first-order valence-electron chi connectivity index (χ1n) is 8.10. The standard InChI is InChI=1S/C19H20N2O4S/c1-21-17-14(23-2)9-10-15(24-3)18(17)26-19(21)20-16(22)11-12-25-13-7-5-4-6-8-13/h4-10H,11-12H2,1-3H3. The van der Waals surface area contributed by atoms with E-state index in [2.05, 4.69) is 4.99 Å². The van der Waals surface area contributed by atoms with Crippen molar-refractivity contribution >= 4 is 27.5 Å². The summed E-state index contributed by atoms with van der Waals surface area (Å²) in [7, 11) is 5.08. The quantitative estimate of drug-likeness (QED) is 0.667. The maximum Gasteiger partial charge on any atom is 0.251 e. The van der Waals surface area contributed by atoms with Crippen LogP contribution in [0.4, 0.5) is 0 Å². The van der Waals surface area contributed by atoms with Crippen molar-refractivity contribution in [2.45, 2.75) is 6.42 Å². The molecule has 0 aliphatic carbocycles. The molecule has 0 atom stereocenters. The highest BCUT2D eigenvalue weighted by molar-refractivity contribution is 7.16. The molecular formula is C19H20N2O4S. The molecule has 0 saturated carbocycles. The molecule has 0 aliphatic heterocycles. The Morgan fingerprint density at radius 2 is 1.77 bits per heavy atom. The summed E-state index contributed by atoms with van der Waals surface area (Å²) in [4.78, 5) is 17.0. The van der Waals surface area contributed by atoms with Gasteiger partial charge in [-0.05, 0) is 24.3 Å². The van der Waals surface area contributed by atoms with E-state index in [1.165, 1.54) is 11.3 Å². The van der Waals surface area contributed by atoms with Gasteiger partial charge < -0.3 is 18.8 Å². The summed E-state index contributed by atoms with van der Waals surface area (Å²) in [6.45, 7) is 0.285. The van der Waals surface area contributed by atoms with Gasteiger partial charge in [0.05, 0.1) is 27.2 Å². The number of nitrogens with zero attached hydrogens (tertiary/aromatic N) is 2. The molecule has 0 bridgehead atoms. The Bertz CT molecular complexity index is 976. The number of amides is 1. The second-order valence-electron chi connectivity index (χ2n) is 5.51. The van der Waals surface area contributed by atoms with Gasteiger partial charge in [-0.2, -0.15) is 4.99 Å². The highest BCUT2D eigenvalue weighted by Crippen LogP contribution is 2.34. The van der Waals surface area contributed by atoms with Crippen LogP contribution in [-0.4, -0.2) is 31.3 Å². The molecule has 1 heterocycles. The zero-order valence-corrected chi connectivity index (χ0v) is 15.7. The van der Waals surface area contributed by atoms with Crippen LogP contribution in [0.2, 0.25) is 0 Å².